The number of benzene rings is 1. The van der Waals surface area contributed by atoms with Crippen LogP contribution in [0.15, 0.2) is 38.6 Å². The van der Waals surface area contributed by atoms with Crippen molar-refractivity contribution in [3.8, 4) is 0 Å². The highest BCUT2D eigenvalue weighted by Gasteiger charge is 2.14. The lowest BCUT2D eigenvalue weighted by Crippen LogP contribution is -2.29. The predicted octanol–water partition coefficient (Wildman–Crippen LogP) is 4.33. The number of hydrogen-bond acceptors (Lipinski definition) is 3. The topological polar surface area (TPSA) is 38.0 Å². The van der Waals surface area contributed by atoms with E-state index in [-0.39, 0.29) is 6.04 Å². The minimum absolute atomic E-state index is 0.132. The highest BCUT2D eigenvalue weighted by molar-refractivity contribution is 9.10. The Bertz CT molecular complexity index is 540. The average molecular weight is 390 g/mol. The third kappa shape index (κ3) is 3.42. The van der Waals surface area contributed by atoms with Crippen molar-refractivity contribution < 1.29 is 0 Å². The monoisotopic (exact) mass is 388 g/mol. The summed E-state index contributed by atoms with van der Waals surface area (Å²) in [5.41, 5.74) is 5.39. The highest BCUT2D eigenvalue weighted by atomic mass is 79.9. The first-order valence-corrected chi connectivity index (χ1v) is 8.02. The van der Waals surface area contributed by atoms with Gasteiger partial charge in [0.1, 0.15) is 0 Å². The minimum Gasteiger partial charge on any atom is -0.271 e. The Balaban J connectivity index is 2.25. The fourth-order valence-electron chi connectivity index (χ4n) is 1.91. The van der Waals surface area contributed by atoms with E-state index in [0.717, 1.165) is 15.4 Å². The maximum Gasteiger partial charge on any atom is 0.0511 e. The molecule has 2 aromatic rings. The van der Waals surface area contributed by atoms with Crippen molar-refractivity contribution in [3.05, 3.63) is 54.6 Å². The van der Waals surface area contributed by atoms with Crippen LogP contribution in [0.2, 0.25) is 0 Å². The molecule has 0 bridgehead atoms. The van der Waals surface area contributed by atoms with Crippen molar-refractivity contribution in [2.75, 3.05) is 0 Å². The van der Waals surface area contributed by atoms with Gasteiger partial charge < -0.3 is 0 Å². The summed E-state index contributed by atoms with van der Waals surface area (Å²) in [5, 5.41) is 2.09. The lowest BCUT2D eigenvalue weighted by molar-refractivity contribution is 0.553. The molecule has 96 valence electrons. The van der Waals surface area contributed by atoms with Gasteiger partial charge in [-0.15, -0.1) is 11.3 Å². The van der Waals surface area contributed by atoms with E-state index < -0.39 is 0 Å². The van der Waals surface area contributed by atoms with Gasteiger partial charge in [0.05, 0.1) is 6.04 Å². The van der Waals surface area contributed by atoms with E-state index in [4.69, 9.17) is 5.84 Å². The van der Waals surface area contributed by atoms with E-state index in [1.54, 1.807) is 11.3 Å². The molecular formula is C13H14Br2N2S. The third-order valence-electron chi connectivity index (χ3n) is 2.84. The van der Waals surface area contributed by atoms with Crippen molar-refractivity contribution in [2.45, 2.75) is 19.4 Å². The van der Waals surface area contributed by atoms with Gasteiger partial charge in [0.2, 0.25) is 0 Å². The summed E-state index contributed by atoms with van der Waals surface area (Å²) in [4.78, 5) is 1.31. The second-order valence-corrected chi connectivity index (χ2v) is 6.98. The molecule has 1 atom stereocenters. The van der Waals surface area contributed by atoms with Gasteiger partial charge in [-0.25, -0.2) is 0 Å². The summed E-state index contributed by atoms with van der Waals surface area (Å²) in [5.74, 6) is 5.71. The van der Waals surface area contributed by atoms with Crippen LogP contribution in [0.3, 0.4) is 0 Å². The minimum atomic E-state index is 0.132. The van der Waals surface area contributed by atoms with E-state index in [0.29, 0.717) is 0 Å². The van der Waals surface area contributed by atoms with Crippen molar-refractivity contribution >= 4 is 43.2 Å². The SMILES string of the molecule is Cc1ccc(Br)cc1C(Cc1cc(Br)cs1)NN. The fraction of sp³-hybridized carbons (Fsp3) is 0.231. The first-order valence-electron chi connectivity index (χ1n) is 5.55. The molecule has 0 aliphatic carbocycles. The molecule has 0 aliphatic rings. The molecule has 1 aromatic heterocycles. The van der Waals surface area contributed by atoms with Gasteiger partial charge in [0.25, 0.3) is 0 Å². The molecule has 0 radical (unpaired) electrons. The van der Waals surface area contributed by atoms with Gasteiger partial charge >= 0.3 is 0 Å². The quantitative estimate of drug-likeness (QED) is 0.603. The van der Waals surface area contributed by atoms with Crippen LogP contribution in [-0.2, 0) is 6.42 Å². The zero-order valence-electron chi connectivity index (χ0n) is 9.91. The largest absolute Gasteiger partial charge is 0.271 e. The van der Waals surface area contributed by atoms with Crippen LogP contribution in [0.4, 0.5) is 0 Å². The molecule has 18 heavy (non-hydrogen) atoms. The van der Waals surface area contributed by atoms with E-state index in [1.165, 1.54) is 16.0 Å². The number of aryl methyl sites for hydroxylation is 1. The van der Waals surface area contributed by atoms with Crippen LogP contribution in [-0.4, -0.2) is 0 Å². The molecular weight excluding hydrogens is 376 g/mol. The average Bonchev–Trinajstić information content (AvgIpc) is 2.75. The summed E-state index contributed by atoms with van der Waals surface area (Å²) in [6.07, 6.45) is 0.893. The van der Waals surface area contributed by atoms with Crippen molar-refractivity contribution in [1.29, 1.82) is 0 Å². The van der Waals surface area contributed by atoms with Gasteiger partial charge in [0.15, 0.2) is 0 Å². The second kappa shape index (κ2) is 6.30. The number of hydrogen-bond donors (Lipinski definition) is 2. The van der Waals surface area contributed by atoms with E-state index in [2.05, 4.69) is 67.8 Å². The number of hydrazine groups is 1. The molecule has 5 heteroatoms. The lowest BCUT2D eigenvalue weighted by Gasteiger charge is -2.18. The lowest BCUT2D eigenvalue weighted by atomic mass is 9.99. The van der Waals surface area contributed by atoms with Crippen LogP contribution >= 0.6 is 43.2 Å². The molecule has 1 unspecified atom stereocenters. The number of thiophene rings is 1. The summed E-state index contributed by atoms with van der Waals surface area (Å²) < 4.78 is 2.21. The van der Waals surface area contributed by atoms with Gasteiger partial charge in [-0.1, -0.05) is 22.0 Å². The summed E-state index contributed by atoms with van der Waals surface area (Å²) in [7, 11) is 0. The van der Waals surface area contributed by atoms with Crippen molar-refractivity contribution in [1.82, 2.24) is 5.43 Å². The molecule has 3 N–H and O–H groups in total. The van der Waals surface area contributed by atoms with E-state index >= 15 is 0 Å². The Labute approximate surface area is 128 Å². The maximum absolute atomic E-state index is 5.71. The molecule has 0 amide bonds. The molecule has 0 saturated heterocycles. The predicted molar refractivity (Wildman–Crippen MR) is 84.7 cm³/mol. The van der Waals surface area contributed by atoms with Crippen LogP contribution in [0.5, 0.6) is 0 Å². The number of nitrogens with two attached hydrogens (primary N) is 1. The number of rotatable bonds is 4. The fourth-order valence-corrected chi connectivity index (χ4v) is 3.78. The highest BCUT2D eigenvalue weighted by Crippen LogP contribution is 2.28. The Morgan fingerprint density at radius 1 is 1.28 bits per heavy atom. The molecule has 0 spiro atoms. The normalized spacial score (nSPS) is 12.7. The van der Waals surface area contributed by atoms with Gasteiger partial charge in [-0.2, -0.15) is 0 Å². The Hall–Kier alpha value is -0.200. The third-order valence-corrected chi connectivity index (χ3v) is 5.06. The van der Waals surface area contributed by atoms with Gasteiger partial charge in [-0.05, 0) is 52.2 Å². The first-order chi connectivity index (χ1) is 8.60. The number of halogens is 2. The second-order valence-electron chi connectivity index (χ2n) is 4.16. The Kier molecular flexibility index (Phi) is 4.98. The summed E-state index contributed by atoms with van der Waals surface area (Å²) in [6, 6.07) is 8.56. The van der Waals surface area contributed by atoms with Crippen molar-refractivity contribution in [3.63, 3.8) is 0 Å². The van der Waals surface area contributed by atoms with Crippen LogP contribution < -0.4 is 11.3 Å². The maximum atomic E-state index is 5.71. The zero-order chi connectivity index (χ0) is 13.1. The molecule has 0 saturated carbocycles. The zero-order valence-corrected chi connectivity index (χ0v) is 13.9. The molecule has 2 rings (SSSR count). The number of nitrogens with one attached hydrogen (secondary N) is 1. The summed E-state index contributed by atoms with van der Waals surface area (Å²) >= 11 is 8.73. The standard InChI is InChI=1S/C13H14Br2N2S/c1-8-2-3-9(14)5-12(8)13(17-16)6-11-4-10(15)7-18-11/h2-5,7,13,17H,6,16H2,1H3. The first kappa shape index (κ1) is 14.2. The Morgan fingerprint density at radius 3 is 2.67 bits per heavy atom. The van der Waals surface area contributed by atoms with Crippen LogP contribution in [0, 0.1) is 6.92 Å². The molecule has 2 nitrogen and oxygen atoms in total. The molecule has 0 aliphatic heterocycles. The van der Waals surface area contributed by atoms with Crippen molar-refractivity contribution in [2.24, 2.45) is 5.84 Å². The Morgan fingerprint density at radius 2 is 2.06 bits per heavy atom. The molecule has 0 fully saturated rings. The molecule has 1 heterocycles. The van der Waals surface area contributed by atoms with Crippen LogP contribution in [0.1, 0.15) is 22.0 Å². The van der Waals surface area contributed by atoms with Gasteiger partial charge in [0, 0.05) is 25.6 Å². The smallest absolute Gasteiger partial charge is 0.0511 e. The summed E-state index contributed by atoms with van der Waals surface area (Å²) in [6.45, 7) is 2.11. The van der Waals surface area contributed by atoms with E-state index in [9.17, 15) is 0 Å². The van der Waals surface area contributed by atoms with E-state index in [1.807, 2.05) is 6.07 Å². The van der Waals surface area contributed by atoms with Gasteiger partial charge in [-0.3, -0.25) is 11.3 Å². The van der Waals surface area contributed by atoms with Crippen LogP contribution in [0.25, 0.3) is 0 Å². The molecule has 1 aromatic carbocycles.